The van der Waals surface area contributed by atoms with Gasteiger partial charge in [0.15, 0.2) is 0 Å². The van der Waals surface area contributed by atoms with Crippen molar-refractivity contribution in [3.8, 4) is 0 Å². The molecule has 0 spiro atoms. The minimum atomic E-state index is -0.422. The number of amides is 1. The zero-order valence-corrected chi connectivity index (χ0v) is 15.6. The summed E-state index contributed by atoms with van der Waals surface area (Å²) in [6.07, 6.45) is 3.25. The minimum Gasteiger partial charge on any atom is -0.361 e. The van der Waals surface area contributed by atoms with Crippen LogP contribution in [0.4, 0.5) is 0 Å². The number of halogens is 1. The van der Waals surface area contributed by atoms with Gasteiger partial charge in [0.25, 0.3) is 0 Å². The van der Waals surface area contributed by atoms with Crippen LogP contribution in [0.1, 0.15) is 17.0 Å². The quantitative estimate of drug-likeness (QED) is 0.468. The Bertz CT molecular complexity index is 1180. The van der Waals surface area contributed by atoms with E-state index >= 15 is 0 Å². The molecule has 3 N–H and O–H groups in total. The summed E-state index contributed by atoms with van der Waals surface area (Å²) in [5, 5.41) is 10.5. The topological polar surface area (TPSA) is 95.6 Å². The molecule has 7 nitrogen and oxygen atoms in total. The Hall–Kier alpha value is -3.32. The Morgan fingerprint density at radius 1 is 1.14 bits per heavy atom. The van der Waals surface area contributed by atoms with E-state index < -0.39 is 5.69 Å². The maximum Gasteiger partial charge on any atom is 0.343 e. The largest absolute Gasteiger partial charge is 0.361 e. The predicted molar refractivity (Wildman–Crippen MR) is 107 cm³/mol. The highest BCUT2D eigenvalue weighted by Crippen LogP contribution is 2.33. The summed E-state index contributed by atoms with van der Waals surface area (Å²) in [6.45, 7) is 0.246. The van der Waals surface area contributed by atoms with Crippen LogP contribution in [0.3, 0.4) is 0 Å². The molecule has 0 saturated heterocycles. The highest BCUT2D eigenvalue weighted by Gasteiger charge is 2.21. The summed E-state index contributed by atoms with van der Waals surface area (Å²) in [5.41, 5.74) is 2.57. The van der Waals surface area contributed by atoms with Gasteiger partial charge in [0.2, 0.25) is 5.91 Å². The van der Waals surface area contributed by atoms with Crippen molar-refractivity contribution in [1.82, 2.24) is 25.1 Å². The molecular formula is C20H18ClN5O2. The zero-order chi connectivity index (χ0) is 19.5. The smallest absolute Gasteiger partial charge is 0.343 e. The van der Waals surface area contributed by atoms with Gasteiger partial charge in [-0.15, -0.1) is 0 Å². The number of nitrogens with zero attached hydrogens (tertiary/aromatic N) is 2. The first-order chi connectivity index (χ1) is 13.6. The summed E-state index contributed by atoms with van der Waals surface area (Å²) in [5.74, 6) is -0.421. The van der Waals surface area contributed by atoms with Gasteiger partial charge < -0.3 is 10.3 Å². The van der Waals surface area contributed by atoms with Crippen LogP contribution in [0.15, 0.2) is 65.8 Å². The molecule has 2 aromatic carbocycles. The van der Waals surface area contributed by atoms with Crippen LogP contribution < -0.4 is 11.0 Å². The monoisotopic (exact) mass is 395 g/mol. The molecule has 1 unspecified atom stereocenters. The van der Waals surface area contributed by atoms with E-state index in [9.17, 15) is 9.59 Å². The van der Waals surface area contributed by atoms with Crippen molar-refractivity contribution in [3.05, 3.63) is 87.7 Å². The number of aromatic amines is 2. The molecule has 0 fully saturated rings. The lowest BCUT2D eigenvalue weighted by Crippen LogP contribution is -2.34. The van der Waals surface area contributed by atoms with Crippen LogP contribution in [-0.4, -0.2) is 32.2 Å². The average Bonchev–Trinajstić information content (AvgIpc) is 3.30. The molecule has 4 aromatic rings. The molecule has 142 valence electrons. The SMILES string of the molecule is O=C(Cn1cn[nH]c1=O)NCC(c1ccccc1Cl)c1c[nH]c2ccccc12. The van der Waals surface area contributed by atoms with Crippen LogP contribution in [0.2, 0.25) is 5.02 Å². The molecule has 2 heterocycles. The Labute approximate surface area is 165 Å². The number of benzene rings is 2. The number of H-pyrrole nitrogens is 2. The second-order valence-corrected chi connectivity index (χ2v) is 6.86. The third-order valence-electron chi connectivity index (χ3n) is 4.71. The molecule has 8 heteroatoms. The maximum atomic E-state index is 12.4. The van der Waals surface area contributed by atoms with Crippen molar-refractivity contribution in [2.75, 3.05) is 6.54 Å². The van der Waals surface area contributed by atoms with Crippen LogP contribution in [-0.2, 0) is 11.3 Å². The number of hydrogen-bond acceptors (Lipinski definition) is 3. The van der Waals surface area contributed by atoms with E-state index in [0.29, 0.717) is 11.6 Å². The molecule has 0 aliphatic carbocycles. The second-order valence-electron chi connectivity index (χ2n) is 6.46. The zero-order valence-electron chi connectivity index (χ0n) is 14.9. The van der Waals surface area contributed by atoms with E-state index in [1.807, 2.05) is 54.7 Å². The molecule has 0 aliphatic heterocycles. The lowest BCUT2D eigenvalue weighted by Gasteiger charge is -2.19. The number of rotatable bonds is 6. The van der Waals surface area contributed by atoms with Crippen LogP contribution in [0, 0.1) is 0 Å². The Morgan fingerprint density at radius 3 is 2.71 bits per heavy atom. The van der Waals surface area contributed by atoms with Crippen LogP contribution in [0.25, 0.3) is 10.9 Å². The number of aromatic nitrogens is 4. The van der Waals surface area contributed by atoms with Gasteiger partial charge in [-0.25, -0.2) is 9.89 Å². The molecule has 1 amide bonds. The molecule has 1 atom stereocenters. The van der Waals surface area contributed by atoms with E-state index in [1.165, 1.54) is 10.9 Å². The first-order valence-corrected chi connectivity index (χ1v) is 9.18. The van der Waals surface area contributed by atoms with Gasteiger partial charge in [0, 0.05) is 34.6 Å². The summed E-state index contributed by atoms with van der Waals surface area (Å²) in [7, 11) is 0. The normalized spacial score (nSPS) is 12.2. The summed E-state index contributed by atoms with van der Waals surface area (Å²) >= 11 is 6.46. The van der Waals surface area contributed by atoms with Crippen molar-refractivity contribution < 1.29 is 4.79 Å². The fraction of sp³-hybridized carbons (Fsp3) is 0.150. The maximum absolute atomic E-state index is 12.4. The number of nitrogens with one attached hydrogen (secondary N) is 3. The van der Waals surface area contributed by atoms with Crippen molar-refractivity contribution in [2.45, 2.75) is 12.5 Å². The number of carbonyl (C=O) groups excluding carboxylic acids is 1. The molecule has 28 heavy (non-hydrogen) atoms. The molecule has 0 saturated carbocycles. The van der Waals surface area contributed by atoms with Crippen molar-refractivity contribution >= 4 is 28.4 Å². The summed E-state index contributed by atoms with van der Waals surface area (Å²) in [4.78, 5) is 27.2. The van der Waals surface area contributed by atoms with E-state index in [1.54, 1.807) is 0 Å². The summed E-state index contributed by atoms with van der Waals surface area (Å²) < 4.78 is 1.21. The van der Waals surface area contributed by atoms with Crippen molar-refractivity contribution in [1.29, 1.82) is 0 Å². The summed E-state index contributed by atoms with van der Waals surface area (Å²) in [6, 6.07) is 15.6. The lowest BCUT2D eigenvalue weighted by atomic mass is 9.90. The Kier molecular flexibility index (Phi) is 4.99. The third kappa shape index (κ3) is 3.57. The van der Waals surface area contributed by atoms with E-state index in [0.717, 1.165) is 22.0 Å². The first kappa shape index (κ1) is 18.1. The van der Waals surface area contributed by atoms with Gasteiger partial charge in [-0.05, 0) is 23.3 Å². The predicted octanol–water partition coefficient (Wildman–Crippen LogP) is 2.65. The standard InChI is InChI=1S/C20H18ClN5O2/c21-17-7-3-1-5-13(17)15(16-9-22-18-8-4-2-6-14(16)18)10-23-19(27)11-26-12-24-25-20(26)28/h1-9,12,15,22H,10-11H2,(H,23,27)(H,25,28). The highest BCUT2D eigenvalue weighted by molar-refractivity contribution is 6.31. The van der Waals surface area contributed by atoms with Gasteiger partial charge in [-0.3, -0.25) is 9.36 Å². The molecule has 2 aromatic heterocycles. The fourth-order valence-electron chi connectivity index (χ4n) is 3.34. The highest BCUT2D eigenvalue weighted by atomic mass is 35.5. The number of para-hydroxylation sites is 1. The molecule has 0 bridgehead atoms. The minimum absolute atomic E-state index is 0.0988. The third-order valence-corrected chi connectivity index (χ3v) is 5.06. The number of hydrogen-bond donors (Lipinski definition) is 3. The Balaban J connectivity index is 1.62. The number of fused-ring (bicyclic) bond motifs is 1. The van der Waals surface area contributed by atoms with Crippen molar-refractivity contribution in [2.24, 2.45) is 0 Å². The molecule has 0 aliphatic rings. The molecular weight excluding hydrogens is 378 g/mol. The van der Waals surface area contributed by atoms with Gasteiger partial charge in [0.1, 0.15) is 12.9 Å². The second kappa shape index (κ2) is 7.74. The van der Waals surface area contributed by atoms with Gasteiger partial charge in [0.05, 0.1) is 0 Å². The molecule has 0 radical (unpaired) electrons. The number of carbonyl (C=O) groups is 1. The van der Waals surface area contributed by atoms with Gasteiger partial charge >= 0.3 is 5.69 Å². The Morgan fingerprint density at radius 2 is 1.93 bits per heavy atom. The van der Waals surface area contributed by atoms with Gasteiger partial charge in [-0.2, -0.15) is 5.10 Å². The fourth-order valence-corrected chi connectivity index (χ4v) is 3.60. The lowest BCUT2D eigenvalue weighted by molar-refractivity contribution is -0.121. The van der Waals surface area contributed by atoms with Crippen LogP contribution in [0.5, 0.6) is 0 Å². The van der Waals surface area contributed by atoms with E-state index in [-0.39, 0.29) is 18.4 Å². The molecule has 4 rings (SSSR count). The van der Waals surface area contributed by atoms with E-state index in [2.05, 4.69) is 20.5 Å². The van der Waals surface area contributed by atoms with Crippen LogP contribution >= 0.6 is 11.6 Å². The van der Waals surface area contributed by atoms with Gasteiger partial charge in [-0.1, -0.05) is 48.0 Å². The first-order valence-electron chi connectivity index (χ1n) is 8.80. The average molecular weight is 396 g/mol. The van der Waals surface area contributed by atoms with Crippen molar-refractivity contribution in [3.63, 3.8) is 0 Å². The van der Waals surface area contributed by atoms with E-state index in [4.69, 9.17) is 11.6 Å².